The summed E-state index contributed by atoms with van der Waals surface area (Å²) >= 11 is 11.8. The number of aromatic nitrogens is 2. The number of thioether (sulfide) groups is 1. The summed E-state index contributed by atoms with van der Waals surface area (Å²) in [6.45, 7) is 5.58. The molecule has 1 heterocycles. The molecule has 0 saturated carbocycles. The Kier molecular flexibility index (Phi) is 7.64. The summed E-state index contributed by atoms with van der Waals surface area (Å²) in [6, 6.07) is 14.6. The number of para-hydroxylation sites is 2. The first-order valence-electron chi connectivity index (χ1n) is 9.56. The third kappa shape index (κ3) is 5.23. The quantitative estimate of drug-likeness (QED) is 0.211. The van der Waals surface area contributed by atoms with Crippen molar-refractivity contribution < 1.29 is 4.79 Å². The molecule has 0 aliphatic heterocycles. The number of hydrogen-bond acceptors (Lipinski definition) is 5. The Labute approximate surface area is 196 Å². The first-order chi connectivity index (χ1) is 14.8. The number of halogens is 1. The van der Waals surface area contributed by atoms with Gasteiger partial charge in [0.2, 0.25) is 5.91 Å². The Hall–Kier alpha value is -2.48. The van der Waals surface area contributed by atoms with Gasteiger partial charge in [0.15, 0.2) is 5.16 Å². The molecule has 0 bridgehead atoms. The molecular weight excluding hydrogens is 450 g/mol. The van der Waals surface area contributed by atoms with Gasteiger partial charge in [-0.3, -0.25) is 14.2 Å². The minimum atomic E-state index is -0.246. The fraction of sp³-hybridized carbons (Fsp3) is 0.174. The summed E-state index contributed by atoms with van der Waals surface area (Å²) in [5.74, 6) is -0.191. The lowest BCUT2D eigenvalue weighted by atomic mass is 10.1. The standard InChI is InChI=1S/C23H22ClN3O2S2/c1-4-14(2)19-21(30)26-23(27(22(19)29)16-10-6-5-7-11-16)31-13-18(28)25-20-15(3)9-8-12-17(20)24/h4-12,30H,13H2,1-3H3,(H,25,28)/b14-4+. The van der Waals surface area contributed by atoms with Gasteiger partial charge < -0.3 is 5.32 Å². The monoisotopic (exact) mass is 471 g/mol. The van der Waals surface area contributed by atoms with E-state index in [9.17, 15) is 9.59 Å². The van der Waals surface area contributed by atoms with Crippen LogP contribution in [0.1, 0.15) is 25.0 Å². The number of amides is 1. The molecular formula is C23H22ClN3O2S2. The molecule has 0 fully saturated rings. The molecule has 160 valence electrons. The summed E-state index contributed by atoms with van der Waals surface area (Å²) < 4.78 is 1.51. The van der Waals surface area contributed by atoms with E-state index in [-0.39, 0.29) is 17.2 Å². The van der Waals surface area contributed by atoms with Crippen molar-refractivity contribution in [3.8, 4) is 5.69 Å². The van der Waals surface area contributed by atoms with Crippen LogP contribution in [0.15, 0.2) is 69.6 Å². The molecule has 0 radical (unpaired) electrons. The summed E-state index contributed by atoms with van der Waals surface area (Å²) in [4.78, 5) is 30.5. The Morgan fingerprint density at radius 1 is 1.23 bits per heavy atom. The third-order valence-electron chi connectivity index (χ3n) is 4.69. The van der Waals surface area contributed by atoms with E-state index in [2.05, 4.69) is 22.9 Å². The highest BCUT2D eigenvalue weighted by Gasteiger charge is 2.19. The van der Waals surface area contributed by atoms with Crippen molar-refractivity contribution >= 4 is 53.2 Å². The van der Waals surface area contributed by atoms with Crippen molar-refractivity contribution in [3.63, 3.8) is 0 Å². The van der Waals surface area contributed by atoms with Gasteiger partial charge >= 0.3 is 0 Å². The molecule has 0 spiro atoms. The number of thiol groups is 1. The fourth-order valence-electron chi connectivity index (χ4n) is 2.98. The van der Waals surface area contributed by atoms with Crippen LogP contribution in [0.3, 0.4) is 0 Å². The van der Waals surface area contributed by atoms with Gasteiger partial charge in [0.25, 0.3) is 5.56 Å². The predicted octanol–water partition coefficient (Wildman–Crippen LogP) is 5.64. The van der Waals surface area contributed by atoms with Crippen molar-refractivity contribution in [2.24, 2.45) is 0 Å². The van der Waals surface area contributed by atoms with E-state index in [4.69, 9.17) is 11.6 Å². The molecule has 2 aromatic carbocycles. The minimum Gasteiger partial charge on any atom is -0.324 e. The second-order valence-electron chi connectivity index (χ2n) is 6.81. The van der Waals surface area contributed by atoms with E-state index in [1.54, 1.807) is 6.07 Å². The molecule has 1 amide bonds. The number of rotatable bonds is 6. The SMILES string of the molecule is C/C=C(\C)c1c(S)nc(SCC(=O)Nc2c(C)cccc2Cl)n(-c2ccccc2)c1=O. The average Bonchev–Trinajstić information content (AvgIpc) is 2.75. The highest BCUT2D eigenvalue weighted by molar-refractivity contribution is 7.99. The number of carbonyl (C=O) groups is 1. The second kappa shape index (κ2) is 10.2. The van der Waals surface area contributed by atoms with Crippen LogP contribution in [0.2, 0.25) is 5.02 Å². The van der Waals surface area contributed by atoms with Gasteiger partial charge in [0.05, 0.1) is 27.7 Å². The zero-order valence-corrected chi connectivity index (χ0v) is 19.8. The summed E-state index contributed by atoms with van der Waals surface area (Å²) in [7, 11) is 0. The highest BCUT2D eigenvalue weighted by Crippen LogP contribution is 2.27. The molecule has 1 N–H and O–H groups in total. The van der Waals surface area contributed by atoms with Crippen LogP contribution in [0.5, 0.6) is 0 Å². The number of nitrogens with one attached hydrogen (secondary N) is 1. The molecule has 1 aromatic heterocycles. The van der Waals surface area contributed by atoms with Gasteiger partial charge in [-0.1, -0.05) is 59.8 Å². The Morgan fingerprint density at radius 3 is 2.58 bits per heavy atom. The van der Waals surface area contributed by atoms with Crippen LogP contribution >= 0.6 is 36.0 Å². The molecule has 0 aliphatic rings. The lowest BCUT2D eigenvalue weighted by Gasteiger charge is -2.15. The van der Waals surface area contributed by atoms with Gasteiger partial charge in [0.1, 0.15) is 5.03 Å². The zero-order valence-electron chi connectivity index (χ0n) is 17.3. The largest absolute Gasteiger partial charge is 0.324 e. The smallest absolute Gasteiger partial charge is 0.267 e. The maximum Gasteiger partial charge on any atom is 0.267 e. The Bertz CT molecular complexity index is 1190. The third-order valence-corrected chi connectivity index (χ3v) is 6.27. The van der Waals surface area contributed by atoms with Crippen LogP contribution in [-0.2, 0) is 4.79 Å². The van der Waals surface area contributed by atoms with Gasteiger partial charge in [-0.25, -0.2) is 4.98 Å². The number of hydrogen-bond donors (Lipinski definition) is 2. The Morgan fingerprint density at radius 2 is 1.94 bits per heavy atom. The van der Waals surface area contributed by atoms with E-state index in [0.717, 1.165) is 11.1 Å². The second-order valence-corrected chi connectivity index (χ2v) is 8.58. The van der Waals surface area contributed by atoms with Crippen LogP contribution in [0, 0.1) is 6.92 Å². The van der Waals surface area contributed by atoms with Crippen LogP contribution < -0.4 is 10.9 Å². The summed E-state index contributed by atoms with van der Waals surface area (Å²) in [5.41, 5.74) is 3.12. The zero-order chi connectivity index (χ0) is 22.5. The lowest BCUT2D eigenvalue weighted by molar-refractivity contribution is -0.113. The maximum absolute atomic E-state index is 13.3. The maximum atomic E-state index is 13.3. The molecule has 3 rings (SSSR count). The van der Waals surface area contributed by atoms with Gasteiger partial charge in [-0.15, -0.1) is 12.6 Å². The highest BCUT2D eigenvalue weighted by atomic mass is 35.5. The van der Waals surface area contributed by atoms with E-state index in [1.807, 2.05) is 69.3 Å². The normalized spacial score (nSPS) is 11.5. The number of aryl methyl sites for hydroxylation is 1. The predicted molar refractivity (Wildman–Crippen MR) is 132 cm³/mol. The number of allylic oxidation sites excluding steroid dienone is 2. The van der Waals surface area contributed by atoms with Crippen molar-refractivity contribution in [3.05, 3.63) is 81.1 Å². The summed E-state index contributed by atoms with van der Waals surface area (Å²) in [5, 5.41) is 4.03. The fourth-order valence-corrected chi connectivity index (χ4v) is 4.49. The van der Waals surface area contributed by atoms with Crippen LogP contribution in [-0.4, -0.2) is 21.2 Å². The molecule has 8 heteroatoms. The van der Waals surface area contributed by atoms with E-state index < -0.39 is 0 Å². The van der Waals surface area contributed by atoms with Crippen LogP contribution in [0.25, 0.3) is 11.3 Å². The molecule has 0 unspecified atom stereocenters. The van der Waals surface area contributed by atoms with Gasteiger partial charge in [-0.2, -0.15) is 0 Å². The molecule has 3 aromatic rings. The van der Waals surface area contributed by atoms with Crippen molar-refractivity contribution in [2.45, 2.75) is 31.0 Å². The molecule has 0 atom stereocenters. The number of benzene rings is 2. The van der Waals surface area contributed by atoms with E-state index in [1.165, 1.54) is 16.3 Å². The van der Waals surface area contributed by atoms with Crippen molar-refractivity contribution in [1.29, 1.82) is 0 Å². The van der Waals surface area contributed by atoms with E-state index in [0.29, 0.717) is 32.1 Å². The molecule has 0 aliphatic carbocycles. The molecule has 5 nitrogen and oxygen atoms in total. The molecule has 0 saturated heterocycles. The first kappa shape index (κ1) is 23.2. The minimum absolute atomic E-state index is 0.0547. The van der Waals surface area contributed by atoms with Crippen molar-refractivity contribution in [1.82, 2.24) is 9.55 Å². The topological polar surface area (TPSA) is 64.0 Å². The average molecular weight is 472 g/mol. The molecule has 31 heavy (non-hydrogen) atoms. The lowest BCUT2D eigenvalue weighted by Crippen LogP contribution is -2.26. The van der Waals surface area contributed by atoms with Crippen molar-refractivity contribution in [2.75, 3.05) is 11.1 Å². The number of carbonyl (C=O) groups excluding carboxylic acids is 1. The van der Waals surface area contributed by atoms with Crippen LogP contribution in [0.4, 0.5) is 5.69 Å². The number of anilines is 1. The van der Waals surface area contributed by atoms with E-state index >= 15 is 0 Å². The van der Waals surface area contributed by atoms with Gasteiger partial charge in [0, 0.05) is 0 Å². The van der Waals surface area contributed by atoms with Gasteiger partial charge in [-0.05, 0) is 50.1 Å². The Balaban J connectivity index is 1.95. The number of nitrogens with zero attached hydrogens (tertiary/aromatic N) is 2. The first-order valence-corrected chi connectivity index (χ1v) is 11.4. The summed E-state index contributed by atoms with van der Waals surface area (Å²) in [6.07, 6.45) is 1.85.